The number of amides is 1. The molecule has 2 heterocycles. The number of carbonyl (C=O) groups is 1. The van der Waals surface area contributed by atoms with Crippen molar-refractivity contribution in [2.45, 2.75) is 45.1 Å². The average Bonchev–Trinajstić information content (AvgIpc) is 2.94. The van der Waals surface area contributed by atoms with E-state index in [0.717, 1.165) is 37.9 Å². The maximum atomic E-state index is 13.1. The van der Waals surface area contributed by atoms with Crippen LogP contribution in [0, 0.1) is 5.82 Å². The van der Waals surface area contributed by atoms with Gasteiger partial charge in [-0.1, -0.05) is 12.1 Å². The molecule has 0 radical (unpaired) electrons. The lowest BCUT2D eigenvalue weighted by molar-refractivity contribution is 0.0755. The van der Waals surface area contributed by atoms with Gasteiger partial charge in [-0.05, 0) is 56.7 Å². The Morgan fingerprint density at radius 2 is 1.96 bits per heavy atom. The third-order valence-corrected chi connectivity index (χ3v) is 4.77. The number of hydrogen-bond acceptors (Lipinski definition) is 2. The highest BCUT2D eigenvalue weighted by molar-refractivity contribution is 5.92. The summed E-state index contributed by atoms with van der Waals surface area (Å²) in [5.41, 5.74) is 1.68. The van der Waals surface area contributed by atoms with Crippen LogP contribution in [0.5, 0.6) is 0 Å². The molecule has 0 unspecified atom stereocenters. The Balaban J connectivity index is 1.66. The van der Waals surface area contributed by atoms with E-state index in [2.05, 4.69) is 18.8 Å². The predicted octanol–water partition coefficient (Wildman–Crippen LogP) is 4.01. The Bertz CT molecular complexity index is 693. The van der Waals surface area contributed by atoms with Crippen molar-refractivity contribution >= 4 is 5.91 Å². The van der Waals surface area contributed by atoms with E-state index in [1.54, 1.807) is 6.33 Å². The fourth-order valence-corrected chi connectivity index (χ4v) is 3.26. The van der Waals surface area contributed by atoms with Crippen molar-refractivity contribution in [2.24, 2.45) is 0 Å². The number of imidazole rings is 1. The zero-order valence-corrected chi connectivity index (χ0v) is 14.3. The van der Waals surface area contributed by atoms with Crippen LogP contribution in [0.2, 0.25) is 0 Å². The quantitative estimate of drug-likeness (QED) is 0.853. The number of likely N-dealkylation sites (tertiary alicyclic amines) is 1. The van der Waals surface area contributed by atoms with Crippen molar-refractivity contribution in [1.82, 2.24) is 14.5 Å². The number of aromatic nitrogens is 2. The summed E-state index contributed by atoms with van der Waals surface area (Å²) >= 11 is 0. The topological polar surface area (TPSA) is 38.1 Å². The van der Waals surface area contributed by atoms with Crippen LogP contribution < -0.4 is 0 Å². The number of rotatable bonds is 3. The first kappa shape index (κ1) is 16.7. The molecule has 1 aliphatic heterocycles. The molecule has 24 heavy (non-hydrogen) atoms. The van der Waals surface area contributed by atoms with Gasteiger partial charge >= 0.3 is 0 Å². The molecule has 1 saturated heterocycles. The van der Waals surface area contributed by atoms with Gasteiger partial charge in [0.1, 0.15) is 11.5 Å². The maximum Gasteiger partial charge on any atom is 0.274 e. The van der Waals surface area contributed by atoms with E-state index in [0.29, 0.717) is 17.7 Å². The van der Waals surface area contributed by atoms with E-state index in [-0.39, 0.29) is 11.7 Å². The van der Waals surface area contributed by atoms with Crippen molar-refractivity contribution in [1.29, 1.82) is 0 Å². The van der Waals surface area contributed by atoms with Crippen LogP contribution >= 0.6 is 0 Å². The Hall–Kier alpha value is -2.17. The molecule has 0 N–H and O–H groups in total. The van der Waals surface area contributed by atoms with Gasteiger partial charge in [0.15, 0.2) is 0 Å². The summed E-state index contributed by atoms with van der Waals surface area (Å²) in [5, 5.41) is 0. The number of nitrogens with zero attached hydrogens (tertiary/aromatic N) is 3. The standard InChI is InChI=1S/C19H24FN3O/c1-14(2)23-12-18(21-13-23)19(24)22-10-3-4-15(9-11-22)16-5-7-17(20)8-6-16/h5-8,12-15H,3-4,9-11H2,1-2H3/t15-/m0/s1. The molecule has 2 aromatic rings. The molecule has 1 aromatic heterocycles. The number of halogens is 1. The van der Waals surface area contributed by atoms with Gasteiger partial charge in [0, 0.05) is 25.3 Å². The van der Waals surface area contributed by atoms with E-state index < -0.39 is 0 Å². The molecular formula is C19H24FN3O. The normalized spacial score (nSPS) is 18.7. The molecule has 5 heteroatoms. The van der Waals surface area contributed by atoms with E-state index in [1.165, 1.54) is 12.1 Å². The molecule has 1 aromatic carbocycles. The van der Waals surface area contributed by atoms with Crippen LogP contribution in [0.3, 0.4) is 0 Å². The van der Waals surface area contributed by atoms with Gasteiger partial charge in [0.25, 0.3) is 5.91 Å². The first-order valence-electron chi connectivity index (χ1n) is 8.63. The van der Waals surface area contributed by atoms with Gasteiger partial charge in [-0.3, -0.25) is 4.79 Å². The highest BCUT2D eigenvalue weighted by atomic mass is 19.1. The smallest absolute Gasteiger partial charge is 0.274 e. The van der Waals surface area contributed by atoms with Crippen LogP contribution in [0.15, 0.2) is 36.8 Å². The van der Waals surface area contributed by atoms with E-state index >= 15 is 0 Å². The van der Waals surface area contributed by atoms with Crippen molar-refractivity contribution in [3.63, 3.8) is 0 Å². The van der Waals surface area contributed by atoms with Crippen molar-refractivity contribution in [3.8, 4) is 0 Å². The van der Waals surface area contributed by atoms with Crippen molar-refractivity contribution in [3.05, 3.63) is 53.9 Å². The lowest BCUT2D eigenvalue weighted by atomic mass is 9.92. The van der Waals surface area contributed by atoms with Crippen molar-refractivity contribution < 1.29 is 9.18 Å². The van der Waals surface area contributed by atoms with Gasteiger partial charge in [0.2, 0.25) is 0 Å². The minimum Gasteiger partial charge on any atom is -0.337 e. The highest BCUT2D eigenvalue weighted by Crippen LogP contribution is 2.28. The predicted molar refractivity (Wildman–Crippen MR) is 91.5 cm³/mol. The zero-order valence-electron chi connectivity index (χ0n) is 14.3. The second kappa shape index (κ2) is 7.16. The molecule has 1 fully saturated rings. The lowest BCUT2D eigenvalue weighted by Gasteiger charge is -2.19. The van der Waals surface area contributed by atoms with Gasteiger partial charge in [0.05, 0.1) is 6.33 Å². The molecule has 128 valence electrons. The minimum absolute atomic E-state index is 0.00848. The highest BCUT2D eigenvalue weighted by Gasteiger charge is 2.24. The SMILES string of the molecule is CC(C)n1cnc(C(=O)N2CCC[C@H](c3ccc(F)cc3)CC2)c1. The number of hydrogen-bond donors (Lipinski definition) is 0. The fourth-order valence-electron chi connectivity index (χ4n) is 3.26. The zero-order chi connectivity index (χ0) is 17.1. The summed E-state index contributed by atoms with van der Waals surface area (Å²) in [6, 6.07) is 7.05. The largest absolute Gasteiger partial charge is 0.337 e. The van der Waals surface area contributed by atoms with E-state index in [1.807, 2.05) is 27.8 Å². The monoisotopic (exact) mass is 329 g/mol. The van der Waals surface area contributed by atoms with Gasteiger partial charge in [-0.15, -0.1) is 0 Å². The maximum absolute atomic E-state index is 13.1. The lowest BCUT2D eigenvalue weighted by Crippen LogP contribution is -2.32. The summed E-state index contributed by atoms with van der Waals surface area (Å²) < 4.78 is 15.0. The molecule has 0 spiro atoms. The molecule has 0 bridgehead atoms. The minimum atomic E-state index is -0.204. The average molecular weight is 329 g/mol. The van der Waals surface area contributed by atoms with Crippen molar-refractivity contribution in [2.75, 3.05) is 13.1 Å². The molecule has 1 aliphatic rings. The fraction of sp³-hybridized carbons (Fsp3) is 0.474. The Kier molecular flexibility index (Phi) is 4.97. The third kappa shape index (κ3) is 3.66. The summed E-state index contributed by atoms with van der Waals surface area (Å²) in [5.74, 6) is 0.190. The molecule has 1 amide bonds. The summed E-state index contributed by atoms with van der Waals surface area (Å²) in [6.07, 6.45) is 6.43. The molecule has 3 rings (SSSR count). The molecule has 1 atom stereocenters. The number of carbonyl (C=O) groups excluding carboxylic acids is 1. The van der Waals surface area contributed by atoms with Gasteiger partial charge < -0.3 is 9.47 Å². The molecular weight excluding hydrogens is 305 g/mol. The summed E-state index contributed by atoms with van der Waals surface area (Å²) in [7, 11) is 0. The molecule has 4 nitrogen and oxygen atoms in total. The Morgan fingerprint density at radius 3 is 2.62 bits per heavy atom. The van der Waals surface area contributed by atoms with Crippen LogP contribution in [0.1, 0.15) is 61.1 Å². The summed E-state index contributed by atoms with van der Waals surface area (Å²) in [6.45, 7) is 5.60. The van der Waals surface area contributed by atoms with E-state index in [9.17, 15) is 9.18 Å². The molecule has 0 aliphatic carbocycles. The second-order valence-corrected chi connectivity index (χ2v) is 6.77. The molecule has 0 saturated carbocycles. The van der Waals surface area contributed by atoms with Crippen LogP contribution in [0.25, 0.3) is 0 Å². The first-order chi connectivity index (χ1) is 11.5. The Morgan fingerprint density at radius 1 is 1.21 bits per heavy atom. The second-order valence-electron chi connectivity index (χ2n) is 6.77. The third-order valence-electron chi connectivity index (χ3n) is 4.77. The van der Waals surface area contributed by atoms with Crippen LogP contribution in [-0.2, 0) is 0 Å². The number of benzene rings is 1. The van der Waals surface area contributed by atoms with Gasteiger partial charge in [-0.2, -0.15) is 0 Å². The van der Waals surface area contributed by atoms with Crippen LogP contribution in [0.4, 0.5) is 4.39 Å². The first-order valence-corrected chi connectivity index (χ1v) is 8.63. The van der Waals surface area contributed by atoms with Crippen LogP contribution in [-0.4, -0.2) is 33.4 Å². The summed E-state index contributed by atoms with van der Waals surface area (Å²) in [4.78, 5) is 18.8. The van der Waals surface area contributed by atoms with E-state index in [4.69, 9.17) is 0 Å². The Labute approximate surface area is 142 Å². The van der Waals surface area contributed by atoms with Gasteiger partial charge in [-0.25, -0.2) is 9.37 Å².